The summed E-state index contributed by atoms with van der Waals surface area (Å²) in [6.45, 7) is 0.645. The van der Waals surface area contributed by atoms with Gasteiger partial charge in [0.15, 0.2) is 17.5 Å². The van der Waals surface area contributed by atoms with Gasteiger partial charge in [-0.15, -0.1) is 10.2 Å². The molecule has 1 aromatic heterocycles. The Bertz CT molecular complexity index is 929. The fourth-order valence-electron chi connectivity index (χ4n) is 2.66. The second kappa shape index (κ2) is 8.39. The van der Waals surface area contributed by atoms with Gasteiger partial charge in [0.25, 0.3) is 5.91 Å². The first kappa shape index (κ1) is 18.5. The van der Waals surface area contributed by atoms with Gasteiger partial charge in [-0.05, 0) is 24.1 Å². The van der Waals surface area contributed by atoms with Crippen LogP contribution in [-0.2, 0) is 19.5 Å². The van der Waals surface area contributed by atoms with Gasteiger partial charge in [-0.3, -0.25) is 4.79 Å². The molecule has 3 aromatic rings. The normalized spacial score (nSPS) is 10.6. The number of amides is 1. The molecule has 1 heterocycles. The second-order valence-corrected chi connectivity index (χ2v) is 5.80. The van der Waals surface area contributed by atoms with Crippen LogP contribution in [0, 0.1) is 11.6 Å². The number of aryl methyl sites for hydroxylation is 2. The quantitative estimate of drug-likeness (QED) is 0.692. The number of aromatic nitrogens is 3. The number of carbonyl (C=O) groups is 1. The van der Waals surface area contributed by atoms with E-state index in [4.69, 9.17) is 4.74 Å². The van der Waals surface area contributed by atoms with E-state index in [1.54, 1.807) is 10.9 Å². The lowest BCUT2D eigenvalue weighted by Crippen LogP contribution is -2.26. The zero-order chi connectivity index (χ0) is 19.2. The van der Waals surface area contributed by atoms with Crippen molar-refractivity contribution in [2.75, 3.05) is 7.11 Å². The van der Waals surface area contributed by atoms with Gasteiger partial charge in [0.05, 0.1) is 13.7 Å². The van der Waals surface area contributed by atoms with Crippen LogP contribution in [0.1, 0.15) is 21.7 Å². The smallest absolute Gasteiger partial charge is 0.258 e. The summed E-state index contributed by atoms with van der Waals surface area (Å²) >= 11 is 0. The number of nitrogens with one attached hydrogen (secondary N) is 1. The molecule has 0 aliphatic heterocycles. The van der Waals surface area contributed by atoms with Crippen molar-refractivity contribution in [2.24, 2.45) is 0 Å². The van der Waals surface area contributed by atoms with Crippen LogP contribution in [0.4, 0.5) is 8.78 Å². The largest absolute Gasteiger partial charge is 0.496 e. The molecule has 1 amide bonds. The van der Waals surface area contributed by atoms with Gasteiger partial charge in [0.2, 0.25) is 0 Å². The summed E-state index contributed by atoms with van der Waals surface area (Å²) in [5.41, 5.74) is 0.681. The molecule has 1 N–H and O–H groups in total. The summed E-state index contributed by atoms with van der Waals surface area (Å²) in [6, 6.07) is 12.0. The summed E-state index contributed by atoms with van der Waals surface area (Å²) in [6.07, 6.45) is 2.33. The number of ether oxygens (including phenoxy) is 1. The molecule has 140 valence electrons. The summed E-state index contributed by atoms with van der Waals surface area (Å²) in [5.74, 6) is -2.70. The monoisotopic (exact) mass is 372 g/mol. The number of methoxy groups -OCH3 is 1. The molecule has 6 nitrogen and oxygen atoms in total. The van der Waals surface area contributed by atoms with E-state index in [1.807, 2.05) is 30.3 Å². The Kier molecular flexibility index (Phi) is 5.75. The highest BCUT2D eigenvalue weighted by Crippen LogP contribution is 2.23. The fraction of sp³-hybridized carbons (Fsp3) is 0.211. The van der Waals surface area contributed by atoms with Crippen molar-refractivity contribution in [2.45, 2.75) is 19.5 Å². The van der Waals surface area contributed by atoms with Crippen LogP contribution in [0.5, 0.6) is 5.75 Å². The van der Waals surface area contributed by atoms with Crippen molar-refractivity contribution >= 4 is 5.91 Å². The number of rotatable bonds is 7. The second-order valence-electron chi connectivity index (χ2n) is 5.80. The lowest BCUT2D eigenvalue weighted by molar-refractivity contribution is 0.0941. The van der Waals surface area contributed by atoms with Gasteiger partial charge < -0.3 is 14.6 Å². The Labute approximate surface area is 154 Å². The molecule has 3 rings (SSSR count). The topological polar surface area (TPSA) is 69.0 Å². The first-order valence-electron chi connectivity index (χ1n) is 8.31. The molecule has 0 saturated carbocycles. The lowest BCUT2D eigenvalue weighted by Gasteiger charge is -2.11. The average molecular weight is 372 g/mol. The molecule has 0 bridgehead atoms. The van der Waals surface area contributed by atoms with Crippen LogP contribution in [0.2, 0.25) is 0 Å². The number of nitrogens with zero attached hydrogens (tertiary/aromatic N) is 3. The molecule has 0 spiro atoms. The molecule has 2 aromatic carbocycles. The van der Waals surface area contributed by atoms with Gasteiger partial charge in [0, 0.05) is 6.54 Å². The van der Waals surface area contributed by atoms with Crippen molar-refractivity contribution in [3.8, 4) is 5.75 Å². The van der Waals surface area contributed by atoms with E-state index in [9.17, 15) is 13.6 Å². The Morgan fingerprint density at radius 2 is 1.96 bits per heavy atom. The summed E-state index contributed by atoms with van der Waals surface area (Å²) in [4.78, 5) is 12.3. The maximum absolute atomic E-state index is 14.0. The Morgan fingerprint density at radius 3 is 2.70 bits per heavy atom. The molecular weight excluding hydrogens is 354 g/mol. The molecule has 0 aliphatic rings. The first-order valence-corrected chi connectivity index (χ1v) is 8.31. The summed E-state index contributed by atoms with van der Waals surface area (Å²) in [5, 5.41) is 10.4. The molecule has 0 saturated heterocycles. The predicted octanol–water partition coefficient (Wildman–Crippen LogP) is 2.74. The van der Waals surface area contributed by atoms with Gasteiger partial charge in [0.1, 0.15) is 17.6 Å². The van der Waals surface area contributed by atoms with Crippen molar-refractivity contribution in [1.29, 1.82) is 0 Å². The van der Waals surface area contributed by atoms with E-state index in [0.29, 0.717) is 12.4 Å². The molecule has 0 aliphatic carbocycles. The van der Waals surface area contributed by atoms with Crippen LogP contribution < -0.4 is 10.1 Å². The van der Waals surface area contributed by atoms with Gasteiger partial charge >= 0.3 is 0 Å². The van der Waals surface area contributed by atoms with E-state index in [0.717, 1.165) is 18.1 Å². The van der Waals surface area contributed by atoms with Crippen molar-refractivity contribution in [1.82, 2.24) is 20.1 Å². The SMILES string of the molecule is COc1ccc(F)c(F)c1C(=O)NCc1nncn1CCc1ccccc1. The standard InChI is InChI=1S/C19H18F2N4O2/c1-27-15-8-7-14(20)18(21)17(15)19(26)22-11-16-24-23-12-25(16)10-9-13-5-3-2-4-6-13/h2-8,12H,9-11H2,1H3,(H,22,26). The highest BCUT2D eigenvalue weighted by molar-refractivity contribution is 5.97. The number of hydrogen-bond acceptors (Lipinski definition) is 4. The zero-order valence-electron chi connectivity index (χ0n) is 14.7. The minimum atomic E-state index is -1.25. The molecule has 8 heteroatoms. The Balaban J connectivity index is 1.67. The van der Waals surface area contributed by atoms with Gasteiger partial charge in [-0.2, -0.15) is 0 Å². The minimum absolute atomic E-state index is 0.0206. The minimum Gasteiger partial charge on any atom is -0.496 e. The van der Waals surface area contributed by atoms with E-state index in [2.05, 4.69) is 15.5 Å². The predicted molar refractivity (Wildman–Crippen MR) is 94.2 cm³/mol. The third-order valence-electron chi connectivity index (χ3n) is 4.09. The van der Waals surface area contributed by atoms with Crippen molar-refractivity contribution in [3.05, 3.63) is 77.4 Å². The number of benzene rings is 2. The first-order chi connectivity index (χ1) is 13.1. The highest BCUT2D eigenvalue weighted by atomic mass is 19.2. The highest BCUT2D eigenvalue weighted by Gasteiger charge is 2.21. The number of carbonyl (C=O) groups excluding carboxylic acids is 1. The maximum atomic E-state index is 14.0. The molecule has 27 heavy (non-hydrogen) atoms. The van der Waals surface area contributed by atoms with Gasteiger partial charge in [-0.1, -0.05) is 30.3 Å². The summed E-state index contributed by atoms with van der Waals surface area (Å²) < 4.78 is 34.2. The molecular formula is C19H18F2N4O2. The molecule has 0 radical (unpaired) electrons. The lowest BCUT2D eigenvalue weighted by atomic mass is 10.1. The van der Waals surface area contributed by atoms with E-state index >= 15 is 0 Å². The van der Waals surface area contributed by atoms with E-state index in [1.165, 1.54) is 13.2 Å². The van der Waals surface area contributed by atoms with Crippen LogP contribution >= 0.6 is 0 Å². The molecule has 0 fully saturated rings. The maximum Gasteiger partial charge on any atom is 0.258 e. The van der Waals surface area contributed by atoms with Crippen molar-refractivity contribution < 1.29 is 18.3 Å². The van der Waals surface area contributed by atoms with Crippen LogP contribution in [-0.4, -0.2) is 27.8 Å². The number of hydrogen-bond donors (Lipinski definition) is 1. The van der Waals surface area contributed by atoms with E-state index < -0.39 is 23.1 Å². The van der Waals surface area contributed by atoms with Crippen LogP contribution in [0.3, 0.4) is 0 Å². The zero-order valence-corrected chi connectivity index (χ0v) is 14.7. The Morgan fingerprint density at radius 1 is 1.19 bits per heavy atom. The van der Waals surface area contributed by atoms with Crippen LogP contribution in [0.15, 0.2) is 48.8 Å². The third-order valence-corrected chi connectivity index (χ3v) is 4.09. The van der Waals surface area contributed by atoms with Crippen LogP contribution in [0.25, 0.3) is 0 Å². The molecule has 0 atom stereocenters. The molecule has 0 unspecified atom stereocenters. The summed E-state index contributed by atoms with van der Waals surface area (Å²) in [7, 11) is 1.28. The Hall–Kier alpha value is -3.29. The third kappa shape index (κ3) is 4.28. The fourth-order valence-corrected chi connectivity index (χ4v) is 2.66. The van der Waals surface area contributed by atoms with E-state index in [-0.39, 0.29) is 12.3 Å². The average Bonchev–Trinajstić information content (AvgIpc) is 3.14. The number of halogens is 2. The van der Waals surface area contributed by atoms with Gasteiger partial charge in [-0.25, -0.2) is 8.78 Å². The van der Waals surface area contributed by atoms with Crippen molar-refractivity contribution in [3.63, 3.8) is 0 Å².